The fourth-order valence-electron chi connectivity index (χ4n) is 7.66. The molecule has 49 heavy (non-hydrogen) atoms. The number of ether oxygens (including phenoxy) is 4. The third-order valence-electron chi connectivity index (χ3n) is 9.99. The highest BCUT2D eigenvalue weighted by atomic mass is 32.2. The van der Waals surface area contributed by atoms with E-state index in [1.54, 1.807) is 0 Å². The minimum atomic E-state index is -5.71. The van der Waals surface area contributed by atoms with Gasteiger partial charge < -0.3 is 18.9 Å². The molecule has 5 aliphatic rings. The van der Waals surface area contributed by atoms with Gasteiger partial charge in [-0.3, -0.25) is 4.79 Å². The molecule has 0 amide bonds. The van der Waals surface area contributed by atoms with E-state index in [0.717, 1.165) is 32.5 Å². The van der Waals surface area contributed by atoms with E-state index >= 15 is 0 Å². The average Bonchev–Trinajstić information content (AvgIpc) is 2.99. The molecule has 6 rings (SSSR count). The molecule has 1 atom stereocenters. The smallest absolute Gasteiger partial charge is 0.461 e. The molecule has 1 aromatic rings. The van der Waals surface area contributed by atoms with Crippen molar-refractivity contribution < 1.29 is 59.3 Å². The molecule has 1 aromatic carbocycles. The zero-order valence-corrected chi connectivity index (χ0v) is 29.6. The van der Waals surface area contributed by atoms with Crippen molar-refractivity contribution in [1.82, 2.24) is 0 Å². The van der Waals surface area contributed by atoms with Crippen LogP contribution in [0, 0.1) is 23.2 Å². The molecule has 4 aliphatic carbocycles. The first kappa shape index (κ1) is 39.7. The van der Waals surface area contributed by atoms with Crippen LogP contribution in [0.1, 0.15) is 85.1 Å². The maximum absolute atomic E-state index is 14.1. The van der Waals surface area contributed by atoms with E-state index < -0.39 is 60.8 Å². The summed E-state index contributed by atoms with van der Waals surface area (Å²) in [7, 11) is 0.432. The van der Waals surface area contributed by atoms with Gasteiger partial charge in [0.1, 0.15) is 11.5 Å². The van der Waals surface area contributed by atoms with Crippen molar-refractivity contribution in [1.29, 1.82) is 0 Å². The summed E-state index contributed by atoms with van der Waals surface area (Å²) in [6.07, 6.45) is -4.05. The predicted molar refractivity (Wildman–Crippen MR) is 170 cm³/mol. The molecule has 1 saturated heterocycles. The van der Waals surface area contributed by atoms with Crippen molar-refractivity contribution in [3.8, 4) is 0 Å². The van der Waals surface area contributed by atoms with Crippen molar-refractivity contribution in [3.05, 3.63) is 29.8 Å². The second-order valence-electron chi connectivity index (χ2n) is 14.9. The minimum absolute atomic E-state index is 0.0948. The Morgan fingerprint density at radius 1 is 0.857 bits per heavy atom. The highest BCUT2D eigenvalue weighted by Gasteiger charge is 2.70. The van der Waals surface area contributed by atoms with Crippen LogP contribution in [-0.2, 0) is 44.8 Å². The number of carbonyl (C=O) groups is 2. The number of carbonyl (C=O) groups excluding carboxylic acids is 2. The van der Waals surface area contributed by atoms with Crippen LogP contribution in [0.3, 0.4) is 0 Å². The van der Waals surface area contributed by atoms with Crippen LogP contribution in [0.4, 0.5) is 30.7 Å². The molecule has 1 unspecified atom stereocenters. The van der Waals surface area contributed by atoms with Gasteiger partial charge in [0.15, 0.2) is 4.90 Å². The highest BCUT2D eigenvalue weighted by Crippen LogP contribution is 2.61. The molecule has 278 valence electrons. The fraction of sp³-hybridized carbons (Fsp3) is 0.771. The number of esters is 2. The number of rotatable bonds is 10. The summed E-state index contributed by atoms with van der Waals surface area (Å²) in [4.78, 5) is 27.0. The van der Waals surface area contributed by atoms with Gasteiger partial charge in [-0.15, -0.1) is 0 Å². The van der Waals surface area contributed by atoms with Crippen LogP contribution in [0.15, 0.2) is 29.2 Å². The van der Waals surface area contributed by atoms with Gasteiger partial charge in [-0.1, -0.05) is 32.9 Å². The average molecular weight is 730 g/mol. The SMILES string of the molecule is CC(C)(C)c1ccc([S+]2CCOCC2)cc1.CCOC(=O)C(OCCC(F)(F)C(C)(F)F)(OC(=O)C12CC3CC(CC(C3)C1)C2)C(F)(F)F. The maximum Gasteiger partial charge on any atom is 0.468 e. The third kappa shape index (κ3) is 9.06. The number of hydrogen-bond donors (Lipinski definition) is 0. The van der Waals surface area contributed by atoms with E-state index in [4.69, 9.17) is 9.47 Å². The van der Waals surface area contributed by atoms with Crippen molar-refractivity contribution in [2.45, 2.75) is 114 Å². The number of halogens is 7. The Labute approximate surface area is 286 Å². The summed E-state index contributed by atoms with van der Waals surface area (Å²) in [5.41, 5.74) is 0.451. The lowest BCUT2D eigenvalue weighted by atomic mass is 9.49. The first-order valence-corrected chi connectivity index (χ1v) is 18.4. The number of alkyl halides is 7. The van der Waals surface area contributed by atoms with Gasteiger partial charge in [-0.2, -0.15) is 22.0 Å². The van der Waals surface area contributed by atoms with Crippen molar-refractivity contribution in [2.24, 2.45) is 23.2 Å². The first-order chi connectivity index (χ1) is 22.6. The molecule has 1 aliphatic heterocycles. The number of hydrogen-bond acceptors (Lipinski definition) is 6. The number of benzene rings is 1. The van der Waals surface area contributed by atoms with E-state index in [1.165, 1.54) is 28.9 Å². The van der Waals surface area contributed by atoms with E-state index in [2.05, 4.69) is 54.5 Å². The second kappa shape index (κ2) is 14.9. The highest BCUT2D eigenvalue weighted by molar-refractivity contribution is 7.97. The van der Waals surface area contributed by atoms with E-state index in [1.807, 2.05) is 0 Å². The Morgan fingerprint density at radius 3 is 1.80 bits per heavy atom. The Balaban J connectivity index is 0.000000281. The van der Waals surface area contributed by atoms with Crippen LogP contribution in [0.25, 0.3) is 0 Å². The molecule has 0 aromatic heterocycles. The lowest BCUT2D eigenvalue weighted by molar-refractivity contribution is -0.361. The molecule has 0 spiro atoms. The molecule has 0 N–H and O–H groups in total. The van der Waals surface area contributed by atoms with E-state index in [9.17, 15) is 40.3 Å². The normalized spacial score (nSPS) is 27.1. The van der Waals surface area contributed by atoms with Crippen molar-refractivity contribution in [2.75, 3.05) is 37.9 Å². The monoisotopic (exact) mass is 729 g/mol. The summed E-state index contributed by atoms with van der Waals surface area (Å²) in [5, 5.41) is 0. The van der Waals surface area contributed by atoms with Gasteiger partial charge in [-0.05, 0) is 86.3 Å². The van der Waals surface area contributed by atoms with Gasteiger partial charge in [0.25, 0.3) is 0 Å². The van der Waals surface area contributed by atoms with Crippen LogP contribution in [0.5, 0.6) is 0 Å². The van der Waals surface area contributed by atoms with E-state index in [-0.39, 0.29) is 30.1 Å². The molecule has 1 heterocycles. The Bertz CT molecular complexity index is 1250. The van der Waals surface area contributed by atoms with Gasteiger partial charge in [-0.25, -0.2) is 13.6 Å². The summed E-state index contributed by atoms with van der Waals surface area (Å²) in [6.45, 7) is 7.56. The fourth-order valence-corrected chi connectivity index (χ4v) is 9.49. The lowest BCUT2D eigenvalue weighted by Crippen LogP contribution is -2.61. The van der Waals surface area contributed by atoms with Crippen molar-refractivity contribution >= 4 is 22.8 Å². The maximum atomic E-state index is 14.1. The Morgan fingerprint density at radius 2 is 1.37 bits per heavy atom. The molecule has 14 heteroatoms. The van der Waals surface area contributed by atoms with Gasteiger partial charge >= 0.3 is 35.7 Å². The molecular weight excluding hydrogens is 681 g/mol. The van der Waals surface area contributed by atoms with Gasteiger partial charge in [0, 0.05) is 24.2 Å². The molecule has 4 bridgehead atoms. The molecule has 4 saturated carbocycles. The standard InChI is InChI=1S/C21H27F7O5.C14H21OS/c1-3-31-16(30)20(21(26,27)28,32-5-4-19(24,25)17(2,22)23)33-15(29)18-9-12-6-13(10-18)8-14(7-12)11-18;1-14(2,3)12-4-6-13(7-5-12)16-10-8-15-9-11-16/h12-14H,3-11H2,1-2H3;4-7H,8-11H2,1-3H3/q;+1. The quantitative estimate of drug-likeness (QED) is 0.105. The zero-order chi connectivity index (χ0) is 36.5. The lowest BCUT2D eigenvalue weighted by Gasteiger charge is -2.55. The molecule has 5 fully saturated rings. The second-order valence-corrected chi connectivity index (χ2v) is 17.2. The van der Waals surface area contributed by atoms with Gasteiger partial charge in [0.05, 0.1) is 31.8 Å². The van der Waals surface area contributed by atoms with Crippen LogP contribution in [-0.4, -0.2) is 73.7 Å². The topological polar surface area (TPSA) is 71.1 Å². The molecule has 0 radical (unpaired) electrons. The molecular formula is C35H48F7O6S+. The summed E-state index contributed by atoms with van der Waals surface area (Å²) < 4.78 is 115. The van der Waals surface area contributed by atoms with Crippen molar-refractivity contribution in [3.63, 3.8) is 0 Å². The summed E-state index contributed by atoms with van der Waals surface area (Å²) in [6, 6.07) is 9.21. The van der Waals surface area contributed by atoms with Gasteiger partial charge in [0.2, 0.25) is 0 Å². The third-order valence-corrected chi connectivity index (χ3v) is 12.2. The largest absolute Gasteiger partial charge is 0.468 e. The Hall–Kier alpha value is -2.06. The van der Waals surface area contributed by atoms with Crippen LogP contribution < -0.4 is 0 Å². The van der Waals surface area contributed by atoms with E-state index in [0.29, 0.717) is 30.2 Å². The molecule has 6 nitrogen and oxygen atoms in total. The zero-order valence-electron chi connectivity index (χ0n) is 28.7. The predicted octanol–water partition coefficient (Wildman–Crippen LogP) is 8.26. The van der Waals surface area contributed by atoms with Crippen LogP contribution in [0.2, 0.25) is 0 Å². The van der Waals surface area contributed by atoms with Crippen LogP contribution >= 0.6 is 0 Å². The summed E-state index contributed by atoms with van der Waals surface area (Å²) in [5.74, 6) is -14.2. The summed E-state index contributed by atoms with van der Waals surface area (Å²) >= 11 is 0. The minimum Gasteiger partial charge on any atom is -0.461 e. The first-order valence-electron chi connectivity index (χ1n) is 16.9. The Kier molecular flexibility index (Phi) is 12.1.